The molecule has 0 radical (unpaired) electrons. The molecule has 0 N–H and O–H groups in total. The summed E-state index contributed by atoms with van der Waals surface area (Å²) in [5.74, 6) is 6.37. The van der Waals surface area contributed by atoms with Crippen LogP contribution in [-0.2, 0) is 4.74 Å². The number of rotatable bonds is 7. The van der Waals surface area contributed by atoms with E-state index in [4.69, 9.17) is 16.3 Å². The molecule has 4 aliphatic carbocycles. The van der Waals surface area contributed by atoms with Gasteiger partial charge in [0.1, 0.15) is 6.07 Å². The van der Waals surface area contributed by atoms with Crippen molar-refractivity contribution in [2.24, 2.45) is 52.3 Å². The first-order valence-corrected chi connectivity index (χ1v) is 14.0. The van der Waals surface area contributed by atoms with E-state index < -0.39 is 0 Å². The van der Waals surface area contributed by atoms with Gasteiger partial charge in [0.25, 0.3) is 0 Å². The summed E-state index contributed by atoms with van der Waals surface area (Å²) in [6.07, 6.45) is 17.5. The summed E-state index contributed by atoms with van der Waals surface area (Å²) in [5, 5.41) is 0. The largest absolute Gasteiger partial charge is 0.362 e. The van der Waals surface area contributed by atoms with E-state index >= 15 is 0 Å². The van der Waals surface area contributed by atoms with Gasteiger partial charge in [-0.3, -0.25) is 0 Å². The third-order valence-corrected chi connectivity index (χ3v) is 11.3. The van der Waals surface area contributed by atoms with Crippen LogP contribution in [0.5, 0.6) is 0 Å². The van der Waals surface area contributed by atoms with Crippen LogP contribution in [0.15, 0.2) is 0 Å². The lowest BCUT2D eigenvalue weighted by molar-refractivity contribution is -0.176. The fourth-order valence-electron chi connectivity index (χ4n) is 9.65. The Balaban J connectivity index is 1.50. The minimum absolute atomic E-state index is 0.373. The topological polar surface area (TPSA) is 9.23 Å². The number of alkyl halides is 1. The first kappa shape index (κ1) is 23.4. The average Bonchev–Trinajstić information content (AvgIpc) is 3.05. The van der Waals surface area contributed by atoms with Gasteiger partial charge in [-0.1, -0.05) is 71.9 Å². The third-order valence-electron chi connectivity index (χ3n) is 11.1. The Morgan fingerprint density at radius 2 is 1.70 bits per heavy atom. The molecule has 4 saturated carbocycles. The molecule has 0 spiro atoms. The van der Waals surface area contributed by atoms with E-state index in [2.05, 4.69) is 34.6 Å². The Morgan fingerprint density at radius 1 is 0.900 bits per heavy atom. The standard InChI is InChI=1S/C28H49ClO/c1-19(2)8-6-9-20(3)23-14-15-24-22-13-12-21-10-7-11-26(30-18-29)28(21,5)25(22)16-17-27(23,24)4/h19-26H,6-18H2,1-5H3/t20-,21?,22+,23-,24+,25+,26?,27-,28+/m1/s1. The zero-order chi connectivity index (χ0) is 21.5. The van der Waals surface area contributed by atoms with Gasteiger partial charge < -0.3 is 4.74 Å². The van der Waals surface area contributed by atoms with Crippen LogP contribution < -0.4 is 0 Å². The van der Waals surface area contributed by atoms with E-state index in [1.54, 1.807) is 0 Å². The predicted molar refractivity (Wildman–Crippen MR) is 129 cm³/mol. The molecule has 0 aromatic carbocycles. The van der Waals surface area contributed by atoms with Crippen molar-refractivity contribution in [3.05, 3.63) is 0 Å². The Bertz CT molecular complexity index is 573. The van der Waals surface area contributed by atoms with Crippen molar-refractivity contribution in [2.45, 2.75) is 118 Å². The van der Waals surface area contributed by atoms with E-state index in [-0.39, 0.29) is 0 Å². The van der Waals surface area contributed by atoms with Crippen LogP contribution in [0, 0.1) is 52.3 Å². The molecule has 0 heterocycles. The van der Waals surface area contributed by atoms with Crippen LogP contribution >= 0.6 is 11.6 Å². The fraction of sp³-hybridized carbons (Fsp3) is 1.00. The van der Waals surface area contributed by atoms with Crippen LogP contribution in [0.2, 0.25) is 0 Å². The Kier molecular flexibility index (Phi) is 7.21. The Hall–Kier alpha value is 0.250. The molecule has 4 rings (SSSR count). The second-order valence-corrected chi connectivity index (χ2v) is 13.0. The van der Waals surface area contributed by atoms with Crippen LogP contribution in [0.1, 0.15) is 112 Å². The van der Waals surface area contributed by atoms with E-state index in [1.807, 2.05) is 0 Å². The monoisotopic (exact) mass is 436 g/mol. The third kappa shape index (κ3) is 3.91. The maximum atomic E-state index is 6.23. The fourth-order valence-corrected chi connectivity index (χ4v) is 9.80. The quantitative estimate of drug-likeness (QED) is 0.362. The van der Waals surface area contributed by atoms with Gasteiger partial charge in [0.15, 0.2) is 0 Å². The maximum absolute atomic E-state index is 6.23. The van der Waals surface area contributed by atoms with Crippen molar-refractivity contribution in [3.8, 4) is 0 Å². The SMILES string of the molecule is CC(C)CCC[C@@H](C)[C@H]1CC[C@H]2[C@@H]3CCC4CCCC(OCCl)[C@]4(C)[C@H]3CC[C@]12C. The second-order valence-electron chi connectivity index (χ2n) is 12.7. The molecule has 0 aliphatic heterocycles. The van der Waals surface area contributed by atoms with Crippen molar-refractivity contribution in [2.75, 3.05) is 6.07 Å². The molecule has 174 valence electrons. The van der Waals surface area contributed by atoms with Crippen molar-refractivity contribution < 1.29 is 4.74 Å². The average molecular weight is 437 g/mol. The molecule has 0 bridgehead atoms. The van der Waals surface area contributed by atoms with E-state index in [9.17, 15) is 0 Å². The second kappa shape index (κ2) is 9.24. The lowest BCUT2D eigenvalue weighted by Crippen LogP contribution is -2.58. The van der Waals surface area contributed by atoms with Crippen LogP contribution in [0.4, 0.5) is 0 Å². The molecular weight excluding hydrogens is 388 g/mol. The summed E-state index contributed by atoms with van der Waals surface area (Å²) in [6, 6.07) is 0.376. The Morgan fingerprint density at radius 3 is 2.43 bits per heavy atom. The molecule has 4 aliphatic rings. The van der Waals surface area contributed by atoms with Gasteiger partial charge in [-0.2, -0.15) is 0 Å². The number of hydrogen-bond acceptors (Lipinski definition) is 1. The van der Waals surface area contributed by atoms with Gasteiger partial charge >= 0.3 is 0 Å². The van der Waals surface area contributed by atoms with Crippen LogP contribution in [-0.4, -0.2) is 12.2 Å². The van der Waals surface area contributed by atoms with E-state index in [0.717, 1.165) is 41.4 Å². The highest BCUT2D eigenvalue weighted by molar-refractivity contribution is 6.17. The van der Waals surface area contributed by atoms with Crippen LogP contribution in [0.3, 0.4) is 0 Å². The molecule has 0 aromatic rings. The maximum Gasteiger partial charge on any atom is 0.121 e. The normalized spacial score (nSPS) is 46.9. The minimum Gasteiger partial charge on any atom is -0.362 e. The number of hydrogen-bond donors (Lipinski definition) is 0. The van der Waals surface area contributed by atoms with Gasteiger partial charge in [0, 0.05) is 0 Å². The van der Waals surface area contributed by atoms with Crippen molar-refractivity contribution in [1.29, 1.82) is 0 Å². The van der Waals surface area contributed by atoms with Gasteiger partial charge in [-0.05, 0) is 104 Å². The highest BCUT2D eigenvalue weighted by Gasteiger charge is 2.62. The summed E-state index contributed by atoms with van der Waals surface area (Å²) >= 11 is 6.11. The molecule has 2 heteroatoms. The molecule has 0 aromatic heterocycles. The predicted octanol–water partition coefficient (Wildman–Crippen LogP) is 8.69. The molecule has 2 unspecified atom stereocenters. The first-order chi connectivity index (χ1) is 14.3. The van der Waals surface area contributed by atoms with E-state index in [1.165, 1.54) is 77.0 Å². The molecule has 0 amide bonds. The molecule has 1 nitrogen and oxygen atoms in total. The lowest BCUT2D eigenvalue weighted by atomic mass is 9.44. The van der Waals surface area contributed by atoms with Crippen molar-refractivity contribution >= 4 is 11.6 Å². The van der Waals surface area contributed by atoms with Crippen molar-refractivity contribution in [1.82, 2.24) is 0 Å². The summed E-state index contributed by atoms with van der Waals surface area (Å²) in [5.41, 5.74) is 0.970. The molecule has 30 heavy (non-hydrogen) atoms. The minimum atomic E-state index is 0.373. The van der Waals surface area contributed by atoms with Gasteiger partial charge in [0.05, 0.1) is 6.10 Å². The summed E-state index contributed by atoms with van der Waals surface area (Å²) in [6.45, 7) is 12.7. The van der Waals surface area contributed by atoms with Crippen molar-refractivity contribution in [3.63, 3.8) is 0 Å². The van der Waals surface area contributed by atoms with E-state index in [0.29, 0.717) is 23.0 Å². The molecular formula is C28H49ClO. The highest BCUT2D eigenvalue weighted by Crippen LogP contribution is 2.68. The Labute approximate surface area is 192 Å². The zero-order valence-electron chi connectivity index (χ0n) is 20.6. The number of ether oxygens (including phenoxy) is 1. The zero-order valence-corrected chi connectivity index (χ0v) is 21.4. The molecule has 4 fully saturated rings. The lowest BCUT2D eigenvalue weighted by Gasteiger charge is -2.62. The van der Waals surface area contributed by atoms with Gasteiger partial charge in [-0.25, -0.2) is 0 Å². The molecule has 9 atom stereocenters. The summed E-state index contributed by atoms with van der Waals surface area (Å²) in [4.78, 5) is 0. The summed E-state index contributed by atoms with van der Waals surface area (Å²) < 4.78 is 6.23. The van der Waals surface area contributed by atoms with Gasteiger partial charge in [-0.15, -0.1) is 0 Å². The van der Waals surface area contributed by atoms with Gasteiger partial charge in [0.2, 0.25) is 0 Å². The smallest absolute Gasteiger partial charge is 0.121 e. The number of fused-ring (bicyclic) bond motifs is 5. The number of halogens is 1. The summed E-state index contributed by atoms with van der Waals surface area (Å²) in [7, 11) is 0. The first-order valence-electron chi connectivity index (χ1n) is 13.5. The highest BCUT2D eigenvalue weighted by atomic mass is 35.5. The molecule has 0 saturated heterocycles. The van der Waals surface area contributed by atoms with Crippen LogP contribution in [0.25, 0.3) is 0 Å².